The molecule has 2 unspecified atom stereocenters. The molecule has 1 aromatic heterocycles. The first-order valence-corrected chi connectivity index (χ1v) is 8.07. The maximum atomic E-state index is 11.3. The molecule has 3 nitrogen and oxygen atoms in total. The maximum Gasteiger partial charge on any atom is 0.127 e. The second-order valence-corrected chi connectivity index (χ2v) is 6.67. The van der Waals surface area contributed by atoms with Crippen molar-refractivity contribution in [3.8, 4) is 0 Å². The largest absolute Gasteiger partial charge is 0.326 e. The van der Waals surface area contributed by atoms with Gasteiger partial charge in [0.05, 0.1) is 16.4 Å². The average Bonchev–Trinajstić information content (AvgIpc) is 2.66. The van der Waals surface area contributed by atoms with Crippen LogP contribution in [0.4, 0.5) is 0 Å². The first-order valence-electron chi connectivity index (χ1n) is 5.90. The van der Waals surface area contributed by atoms with Gasteiger partial charge in [-0.2, -0.15) is 0 Å². The van der Waals surface area contributed by atoms with Crippen molar-refractivity contribution >= 4 is 33.4 Å². The Morgan fingerprint density at radius 3 is 2.83 bits per heavy atom. The van der Waals surface area contributed by atoms with Crippen LogP contribution < -0.4 is 0 Å². The van der Waals surface area contributed by atoms with Gasteiger partial charge in [0.15, 0.2) is 0 Å². The number of fused-ring (bicyclic) bond motifs is 1. The molecule has 0 amide bonds. The molecule has 0 radical (unpaired) electrons. The summed E-state index contributed by atoms with van der Waals surface area (Å²) in [6, 6.07) is 6.10. The maximum absolute atomic E-state index is 11.3. The van der Waals surface area contributed by atoms with Gasteiger partial charge in [-0.05, 0) is 25.5 Å². The van der Waals surface area contributed by atoms with Crippen molar-refractivity contribution in [2.45, 2.75) is 25.8 Å². The van der Waals surface area contributed by atoms with E-state index in [0.717, 1.165) is 22.4 Å². The fraction of sp³-hybridized carbons (Fsp3) is 0.462. The van der Waals surface area contributed by atoms with Crippen molar-refractivity contribution in [1.29, 1.82) is 0 Å². The second-order valence-electron chi connectivity index (χ2n) is 4.46. The van der Waals surface area contributed by atoms with Gasteiger partial charge in [0.2, 0.25) is 0 Å². The van der Waals surface area contributed by atoms with Crippen LogP contribution in [0.1, 0.15) is 23.7 Å². The number of rotatable bonds is 4. The van der Waals surface area contributed by atoms with E-state index in [0.29, 0.717) is 12.3 Å². The summed E-state index contributed by atoms with van der Waals surface area (Å²) in [5.41, 5.74) is 3.20. The van der Waals surface area contributed by atoms with Gasteiger partial charge < -0.3 is 4.57 Å². The number of aryl methyl sites for hydroxylation is 2. The number of alkyl halides is 1. The molecular formula is C13H17ClN2OS. The Kier molecular flexibility index (Phi) is 4.07. The second kappa shape index (κ2) is 5.41. The summed E-state index contributed by atoms with van der Waals surface area (Å²) in [5.74, 6) is 1.47. The molecule has 0 aliphatic heterocycles. The van der Waals surface area contributed by atoms with Gasteiger partial charge in [0.25, 0.3) is 0 Å². The van der Waals surface area contributed by atoms with Crippen LogP contribution in [0.3, 0.4) is 0 Å². The molecule has 0 saturated carbocycles. The fourth-order valence-corrected chi connectivity index (χ4v) is 2.67. The van der Waals surface area contributed by atoms with Crippen LogP contribution in [0.2, 0.25) is 0 Å². The first kappa shape index (κ1) is 13.6. The van der Waals surface area contributed by atoms with Crippen molar-refractivity contribution in [2.75, 3.05) is 12.0 Å². The van der Waals surface area contributed by atoms with Gasteiger partial charge in [0, 0.05) is 29.4 Å². The third-order valence-electron chi connectivity index (χ3n) is 2.97. The third-order valence-corrected chi connectivity index (χ3v) is 3.92. The topological polar surface area (TPSA) is 34.9 Å². The molecule has 18 heavy (non-hydrogen) atoms. The Labute approximate surface area is 115 Å². The SMILES string of the molecule is Cc1cccc2c1nc(C(C)Cl)n2CCS(C)=O. The highest BCUT2D eigenvalue weighted by Gasteiger charge is 2.15. The Hall–Kier alpha value is -0.870. The van der Waals surface area contributed by atoms with Gasteiger partial charge in [0.1, 0.15) is 5.82 Å². The zero-order chi connectivity index (χ0) is 13.3. The molecular weight excluding hydrogens is 268 g/mol. The molecule has 0 aliphatic rings. The molecule has 1 aromatic carbocycles. The van der Waals surface area contributed by atoms with Crippen LogP contribution in [-0.4, -0.2) is 25.8 Å². The van der Waals surface area contributed by atoms with Crippen LogP contribution in [-0.2, 0) is 17.3 Å². The monoisotopic (exact) mass is 284 g/mol. The molecule has 0 N–H and O–H groups in total. The van der Waals surface area contributed by atoms with Gasteiger partial charge in [-0.3, -0.25) is 4.21 Å². The Balaban J connectivity index is 2.55. The molecule has 2 atom stereocenters. The summed E-state index contributed by atoms with van der Waals surface area (Å²) in [4.78, 5) is 4.62. The lowest BCUT2D eigenvalue weighted by Crippen LogP contribution is -2.10. The van der Waals surface area contributed by atoms with Crippen LogP contribution in [0.25, 0.3) is 11.0 Å². The number of para-hydroxylation sites is 1. The van der Waals surface area contributed by atoms with E-state index in [1.165, 1.54) is 0 Å². The summed E-state index contributed by atoms with van der Waals surface area (Å²) in [6.45, 7) is 4.65. The Morgan fingerprint density at radius 2 is 2.22 bits per heavy atom. The minimum Gasteiger partial charge on any atom is -0.326 e. The zero-order valence-corrected chi connectivity index (χ0v) is 12.4. The Bertz CT molecular complexity index is 592. The molecule has 0 fully saturated rings. The van der Waals surface area contributed by atoms with Crippen LogP contribution >= 0.6 is 11.6 Å². The number of imidazole rings is 1. The minimum absolute atomic E-state index is 0.151. The van der Waals surface area contributed by atoms with Gasteiger partial charge in [-0.25, -0.2) is 4.98 Å². The number of halogens is 1. The summed E-state index contributed by atoms with van der Waals surface area (Å²) < 4.78 is 13.4. The van der Waals surface area contributed by atoms with Gasteiger partial charge in [-0.15, -0.1) is 11.6 Å². The summed E-state index contributed by atoms with van der Waals surface area (Å²) in [6.07, 6.45) is 1.72. The van der Waals surface area contributed by atoms with Crippen LogP contribution in [0.5, 0.6) is 0 Å². The lowest BCUT2D eigenvalue weighted by Gasteiger charge is -2.09. The molecule has 2 rings (SSSR count). The molecule has 0 aliphatic carbocycles. The minimum atomic E-state index is -0.812. The van der Waals surface area contributed by atoms with E-state index >= 15 is 0 Å². The van der Waals surface area contributed by atoms with Crippen molar-refractivity contribution in [2.24, 2.45) is 0 Å². The molecule has 0 spiro atoms. The molecule has 0 bridgehead atoms. The molecule has 1 heterocycles. The molecule has 5 heteroatoms. The van der Waals surface area contributed by atoms with Crippen LogP contribution in [0.15, 0.2) is 18.2 Å². The van der Waals surface area contributed by atoms with E-state index in [-0.39, 0.29) is 5.38 Å². The summed E-state index contributed by atoms with van der Waals surface area (Å²) >= 11 is 6.19. The molecule has 2 aromatic rings. The lowest BCUT2D eigenvalue weighted by molar-refractivity contribution is 0.672. The van der Waals surface area contributed by atoms with Crippen molar-refractivity contribution in [1.82, 2.24) is 9.55 Å². The van der Waals surface area contributed by atoms with E-state index in [4.69, 9.17) is 11.6 Å². The first-order chi connectivity index (χ1) is 8.50. The van der Waals surface area contributed by atoms with E-state index in [2.05, 4.69) is 9.55 Å². The van der Waals surface area contributed by atoms with Gasteiger partial charge >= 0.3 is 0 Å². The number of hydrogen-bond acceptors (Lipinski definition) is 2. The highest BCUT2D eigenvalue weighted by atomic mass is 35.5. The predicted octanol–water partition coefficient (Wildman–Crippen LogP) is 3.02. The lowest BCUT2D eigenvalue weighted by atomic mass is 10.2. The van der Waals surface area contributed by atoms with Crippen molar-refractivity contribution < 1.29 is 4.21 Å². The quantitative estimate of drug-likeness (QED) is 0.809. The average molecular weight is 285 g/mol. The summed E-state index contributed by atoms with van der Waals surface area (Å²) in [5, 5.41) is -0.151. The van der Waals surface area contributed by atoms with E-state index in [1.807, 2.05) is 32.0 Å². The van der Waals surface area contributed by atoms with Crippen LogP contribution in [0, 0.1) is 6.92 Å². The smallest absolute Gasteiger partial charge is 0.127 e. The normalized spacial score (nSPS) is 14.9. The van der Waals surface area contributed by atoms with Gasteiger partial charge in [-0.1, -0.05) is 12.1 Å². The van der Waals surface area contributed by atoms with E-state index in [9.17, 15) is 4.21 Å². The number of hydrogen-bond donors (Lipinski definition) is 0. The Morgan fingerprint density at radius 1 is 1.50 bits per heavy atom. The highest BCUT2D eigenvalue weighted by molar-refractivity contribution is 7.84. The number of nitrogens with zero attached hydrogens (tertiary/aromatic N) is 2. The zero-order valence-electron chi connectivity index (χ0n) is 10.8. The van der Waals surface area contributed by atoms with Crippen molar-refractivity contribution in [3.05, 3.63) is 29.6 Å². The standard InChI is InChI=1S/C13H17ClN2OS/c1-9-5-4-6-11-12(9)15-13(10(2)14)16(11)7-8-18(3)17/h4-6,10H,7-8H2,1-3H3. The summed E-state index contributed by atoms with van der Waals surface area (Å²) in [7, 11) is -0.812. The van der Waals surface area contributed by atoms with E-state index in [1.54, 1.807) is 6.26 Å². The molecule has 98 valence electrons. The third kappa shape index (κ3) is 2.59. The number of aromatic nitrogens is 2. The van der Waals surface area contributed by atoms with Crippen molar-refractivity contribution in [3.63, 3.8) is 0 Å². The number of benzene rings is 1. The predicted molar refractivity (Wildman–Crippen MR) is 77.7 cm³/mol. The van der Waals surface area contributed by atoms with E-state index < -0.39 is 10.8 Å². The fourth-order valence-electron chi connectivity index (χ4n) is 2.06. The molecule has 0 saturated heterocycles. The highest BCUT2D eigenvalue weighted by Crippen LogP contribution is 2.26.